The average molecular weight is 466 g/mol. The lowest BCUT2D eigenvalue weighted by Crippen LogP contribution is -2.47. The van der Waals surface area contributed by atoms with Crippen LogP contribution < -0.4 is 16.0 Å². The van der Waals surface area contributed by atoms with Crippen molar-refractivity contribution in [2.75, 3.05) is 13.1 Å². The summed E-state index contributed by atoms with van der Waals surface area (Å²) >= 11 is 0. The van der Waals surface area contributed by atoms with Crippen molar-refractivity contribution in [1.29, 1.82) is 0 Å². The zero-order chi connectivity index (χ0) is 24.6. The van der Waals surface area contributed by atoms with Crippen LogP contribution in [-0.4, -0.2) is 36.9 Å². The summed E-state index contributed by atoms with van der Waals surface area (Å²) in [6, 6.07) is -0.654. The summed E-state index contributed by atoms with van der Waals surface area (Å²) in [6.45, 7) is 7.62. The maximum atomic E-state index is 12.5. The Morgan fingerprint density at radius 3 is 1.85 bits per heavy atom. The second-order valence-electron chi connectivity index (χ2n) is 8.93. The summed E-state index contributed by atoms with van der Waals surface area (Å²) in [6.07, 6.45) is 19.7. The van der Waals surface area contributed by atoms with Gasteiger partial charge in [0, 0.05) is 25.9 Å². The van der Waals surface area contributed by atoms with Crippen molar-refractivity contribution in [3.05, 3.63) is 12.2 Å². The fourth-order valence-electron chi connectivity index (χ4n) is 3.46. The molecule has 0 aromatic heterocycles. The number of carbonyl (C=O) groups excluding carboxylic acids is 3. The zero-order valence-corrected chi connectivity index (χ0v) is 21.7. The molecule has 192 valence electrons. The molecule has 0 heterocycles. The lowest BCUT2D eigenvalue weighted by atomic mass is 10.1. The molecular formula is C27H51N3O3. The summed E-state index contributed by atoms with van der Waals surface area (Å²) in [7, 11) is 0. The Labute approximate surface area is 203 Å². The van der Waals surface area contributed by atoms with E-state index in [1.165, 1.54) is 32.1 Å². The van der Waals surface area contributed by atoms with Crippen molar-refractivity contribution < 1.29 is 14.4 Å². The fraction of sp³-hybridized carbons (Fsp3) is 0.815. The lowest BCUT2D eigenvalue weighted by molar-refractivity contribution is -0.129. The minimum Gasteiger partial charge on any atom is -0.356 e. The van der Waals surface area contributed by atoms with E-state index in [0.717, 1.165) is 51.4 Å². The summed E-state index contributed by atoms with van der Waals surface area (Å²) in [4.78, 5) is 36.9. The molecule has 0 saturated heterocycles. The Bertz CT molecular complexity index is 535. The first-order valence-corrected chi connectivity index (χ1v) is 13.5. The van der Waals surface area contributed by atoms with Gasteiger partial charge >= 0.3 is 0 Å². The SMILES string of the molecule is CCCCCCC/C=C/CCCCC(=O)N[C@@H](CCC(=O)NCCCC)C(=O)NCCCC. The van der Waals surface area contributed by atoms with Crippen LogP contribution in [0, 0.1) is 0 Å². The van der Waals surface area contributed by atoms with Crippen LogP contribution in [0.2, 0.25) is 0 Å². The molecule has 0 aromatic carbocycles. The number of unbranched alkanes of at least 4 members (excludes halogenated alkanes) is 9. The fourth-order valence-corrected chi connectivity index (χ4v) is 3.46. The maximum absolute atomic E-state index is 12.5. The van der Waals surface area contributed by atoms with E-state index in [-0.39, 0.29) is 24.1 Å². The largest absolute Gasteiger partial charge is 0.356 e. The molecule has 0 aliphatic carbocycles. The quantitative estimate of drug-likeness (QED) is 0.144. The monoisotopic (exact) mass is 465 g/mol. The molecule has 0 unspecified atom stereocenters. The van der Waals surface area contributed by atoms with Crippen LogP contribution in [0.25, 0.3) is 0 Å². The highest BCUT2D eigenvalue weighted by molar-refractivity contribution is 5.88. The molecule has 6 heteroatoms. The Morgan fingerprint density at radius 1 is 0.636 bits per heavy atom. The number of carbonyl (C=O) groups is 3. The molecule has 0 rings (SSSR count). The van der Waals surface area contributed by atoms with E-state index >= 15 is 0 Å². The third kappa shape index (κ3) is 20.5. The topological polar surface area (TPSA) is 87.3 Å². The number of hydrogen-bond donors (Lipinski definition) is 3. The molecule has 0 fully saturated rings. The average Bonchev–Trinajstić information content (AvgIpc) is 2.80. The molecule has 0 aromatic rings. The molecule has 3 N–H and O–H groups in total. The van der Waals surface area contributed by atoms with Gasteiger partial charge in [-0.2, -0.15) is 0 Å². The van der Waals surface area contributed by atoms with Crippen LogP contribution in [-0.2, 0) is 14.4 Å². The second kappa shape index (κ2) is 23.3. The van der Waals surface area contributed by atoms with Crippen molar-refractivity contribution in [2.45, 2.75) is 130 Å². The third-order valence-corrected chi connectivity index (χ3v) is 5.66. The lowest BCUT2D eigenvalue weighted by Gasteiger charge is -2.18. The van der Waals surface area contributed by atoms with E-state index in [4.69, 9.17) is 0 Å². The number of nitrogens with one attached hydrogen (secondary N) is 3. The molecule has 33 heavy (non-hydrogen) atoms. The molecule has 0 saturated carbocycles. The highest BCUT2D eigenvalue weighted by Crippen LogP contribution is 2.07. The Hall–Kier alpha value is -1.85. The Morgan fingerprint density at radius 2 is 1.21 bits per heavy atom. The van der Waals surface area contributed by atoms with Gasteiger partial charge in [0.1, 0.15) is 6.04 Å². The number of allylic oxidation sites excluding steroid dienone is 2. The van der Waals surface area contributed by atoms with Crippen molar-refractivity contribution in [3.8, 4) is 0 Å². The second-order valence-corrected chi connectivity index (χ2v) is 8.93. The van der Waals surface area contributed by atoms with Gasteiger partial charge in [-0.25, -0.2) is 0 Å². The van der Waals surface area contributed by atoms with Crippen molar-refractivity contribution in [3.63, 3.8) is 0 Å². The van der Waals surface area contributed by atoms with Crippen LogP contribution in [0.1, 0.15) is 124 Å². The first-order chi connectivity index (χ1) is 16.0. The van der Waals surface area contributed by atoms with Crippen LogP contribution in [0.3, 0.4) is 0 Å². The summed E-state index contributed by atoms with van der Waals surface area (Å²) in [5.74, 6) is -0.377. The standard InChI is InChI=1S/C27H51N3O3/c1-4-7-10-11-12-13-14-15-16-17-18-19-26(32)30-24(27(33)29-23-9-6-3)20-21-25(31)28-22-8-5-2/h14-15,24H,4-13,16-23H2,1-3H3,(H,28,31)(H,29,33)(H,30,32)/b15-14+/t24-/m0/s1. The first kappa shape index (κ1) is 31.1. The minimum absolute atomic E-state index is 0.0683. The van der Waals surface area contributed by atoms with Gasteiger partial charge in [-0.05, 0) is 51.4 Å². The van der Waals surface area contributed by atoms with E-state index in [1.54, 1.807) is 0 Å². The molecule has 0 bridgehead atoms. The smallest absolute Gasteiger partial charge is 0.242 e. The Kier molecular flexibility index (Phi) is 22.0. The molecule has 3 amide bonds. The number of rotatable bonds is 22. The molecule has 0 aliphatic rings. The van der Waals surface area contributed by atoms with Crippen LogP contribution in [0.15, 0.2) is 12.2 Å². The van der Waals surface area contributed by atoms with Gasteiger partial charge in [0.2, 0.25) is 17.7 Å². The van der Waals surface area contributed by atoms with Gasteiger partial charge in [0.15, 0.2) is 0 Å². The van der Waals surface area contributed by atoms with Crippen molar-refractivity contribution >= 4 is 17.7 Å². The van der Waals surface area contributed by atoms with Gasteiger partial charge in [0.25, 0.3) is 0 Å². The molecule has 1 atom stereocenters. The summed E-state index contributed by atoms with van der Waals surface area (Å²) in [5.41, 5.74) is 0. The molecular weight excluding hydrogens is 414 g/mol. The van der Waals surface area contributed by atoms with E-state index < -0.39 is 6.04 Å². The first-order valence-electron chi connectivity index (χ1n) is 13.5. The van der Waals surface area contributed by atoms with E-state index in [2.05, 4.69) is 48.9 Å². The number of amides is 3. The van der Waals surface area contributed by atoms with Crippen LogP contribution in [0.4, 0.5) is 0 Å². The van der Waals surface area contributed by atoms with Gasteiger partial charge < -0.3 is 16.0 Å². The van der Waals surface area contributed by atoms with E-state index in [0.29, 0.717) is 25.9 Å². The minimum atomic E-state index is -0.654. The van der Waals surface area contributed by atoms with E-state index in [1.807, 2.05) is 0 Å². The van der Waals surface area contributed by atoms with Crippen molar-refractivity contribution in [2.24, 2.45) is 0 Å². The van der Waals surface area contributed by atoms with Gasteiger partial charge in [0.05, 0.1) is 0 Å². The van der Waals surface area contributed by atoms with Gasteiger partial charge in [-0.3, -0.25) is 14.4 Å². The highest BCUT2D eigenvalue weighted by Gasteiger charge is 2.21. The molecule has 0 radical (unpaired) electrons. The van der Waals surface area contributed by atoms with Crippen LogP contribution >= 0.6 is 0 Å². The van der Waals surface area contributed by atoms with Gasteiger partial charge in [-0.15, -0.1) is 0 Å². The molecule has 0 aliphatic heterocycles. The normalized spacial score (nSPS) is 12.0. The Balaban J connectivity index is 4.23. The third-order valence-electron chi connectivity index (χ3n) is 5.66. The number of hydrogen-bond acceptors (Lipinski definition) is 3. The molecule has 6 nitrogen and oxygen atoms in total. The van der Waals surface area contributed by atoms with Crippen molar-refractivity contribution in [1.82, 2.24) is 16.0 Å². The predicted octanol–water partition coefficient (Wildman–Crippen LogP) is 5.56. The maximum Gasteiger partial charge on any atom is 0.242 e. The van der Waals surface area contributed by atoms with Crippen LogP contribution in [0.5, 0.6) is 0 Å². The highest BCUT2D eigenvalue weighted by atomic mass is 16.2. The zero-order valence-electron chi connectivity index (χ0n) is 21.7. The van der Waals surface area contributed by atoms with Gasteiger partial charge in [-0.1, -0.05) is 71.4 Å². The summed E-state index contributed by atoms with van der Waals surface area (Å²) < 4.78 is 0. The molecule has 0 spiro atoms. The van der Waals surface area contributed by atoms with E-state index in [9.17, 15) is 14.4 Å². The summed E-state index contributed by atoms with van der Waals surface area (Å²) in [5, 5.41) is 8.60. The predicted molar refractivity (Wildman–Crippen MR) is 138 cm³/mol.